The molecule has 1 amide bonds. The van der Waals surface area contributed by atoms with Gasteiger partial charge in [0.25, 0.3) is 0 Å². The van der Waals surface area contributed by atoms with Crippen LogP contribution in [0, 0.1) is 12.8 Å². The van der Waals surface area contributed by atoms with Gasteiger partial charge in [-0.1, -0.05) is 51.3 Å². The second kappa shape index (κ2) is 11.8. The Balaban J connectivity index is 1.51. The highest BCUT2D eigenvalue weighted by Gasteiger charge is 2.38. The predicted octanol–water partition coefficient (Wildman–Crippen LogP) is 3.09. The first-order valence-electron chi connectivity index (χ1n) is 11.2. The first-order valence-corrected chi connectivity index (χ1v) is 12.8. The zero-order chi connectivity index (χ0) is 25.8. The topological polar surface area (TPSA) is 107 Å². The monoisotopic (exact) mass is 600 g/mol. The average molecular weight is 602 g/mol. The molecule has 0 radical (unpaired) electrons. The molecule has 1 saturated heterocycles. The number of nitrogens with one attached hydrogen (secondary N) is 3. The highest BCUT2D eigenvalue weighted by Crippen LogP contribution is 2.34. The zero-order valence-corrected chi connectivity index (χ0v) is 22.3. The maximum Gasteiger partial charge on any atom is 0.238 e. The molecule has 0 bridgehead atoms. The second-order valence-electron chi connectivity index (χ2n) is 8.29. The SMILES string of the molecule is Cc1cccc(Cl)c1NC(=O)C1C(=CNNC2=NC(N3CCOCC3)C(F)C=N2)C(=O)C(Cl)=CC1Br. The molecular formula is C23H24BrCl2FN6O3. The lowest BCUT2D eigenvalue weighted by atomic mass is 9.87. The molecule has 1 aliphatic carbocycles. The zero-order valence-electron chi connectivity index (χ0n) is 19.2. The van der Waals surface area contributed by atoms with Crippen molar-refractivity contribution in [1.82, 2.24) is 15.8 Å². The summed E-state index contributed by atoms with van der Waals surface area (Å²) in [4.78, 5) is 35.7. The van der Waals surface area contributed by atoms with Crippen LogP contribution in [0.2, 0.25) is 5.02 Å². The largest absolute Gasteiger partial charge is 0.379 e. The Hall–Kier alpha value is -2.31. The number of hydrazine groups is 1. The number of anilines is 1. The summed E-state index contributed by atoms with van der Waals surface area (Å²) in [5, 5.41) is 3.17. The van der Waals surface area contributed by atoms with Gasteiger partial charge in [-0.3, -0.25) is 19.9 Å². The van der Waals surface area contributed by atoms with Crippen molar-refractivity contribution in [3.63, 3.8) is 0 Å². The van der Waals surface area contributed by atoms with Crippen molar-refractivity contribution in [3.8, 4) is 0 Å². The van der Waals surface area contributed by atoms with Crippen LogP contribution in [0.15, 0.2) is 51.1 Å². The van der Waals surface area contributed by atoms with E-state index in [4.69, 9.17) is 27.9 Å². The van der Waals surface area contributed by atoms with E-state index in [0.29, 0.717) is 37.0 Å². The number of Topliss-reactive ketones (excluding diaryl/α,β-unsaturated/α-hetero) is 1. The van der Waals surface area contributed by atoms with Crippen LogP contribution in [0.1, 0.15) is 5.56 Å². The fourth-order valence-electron chi connectivity index (χ4n) is 4.01. The van der Waals surface area contributed by atoms with Crippen LogP contribution in [-0.4, -0.2) is 72.2 Å². The van der Waals surface area contributed by atoms with Gasteiger partial charge in [0.15, 0.2) is 6.17 Å². The number of alkyl halides is 2. The smallest absolute Gasteiger partial charge is 0.238 e. The summed E-state index contributed by atoms with van der Waals surface area (Å²) in [6.45, 7) is 3.94. The van der Waals surface area contributed by atoms with E-state index in [9.17, 15) is 14.0 Å². The molecule has 3 aliphatic rings. The van der Waals surface area contributed by atoms with Gasteiger partial charge < -0.3 is 15.5 Å². The minimum Gasteiger partial charge on any atom is -0.379 e. The van der Waals surface area contributed by atoms with Gasteiger partial charge in [-0.15, -0.1) is 0 Å². The number of ether oxygens (including phenoxy) is 1. The molecular weight excluding hydrogens is 578 g/mol. The molecule has 36 heavy (non-hydrogen) atoms. The number of hydrogen-bond acceptors (Lipinski definition) is 8. The fourth-order valence-corrected chi connectivity index (χ4v) is 5.47. The number of hydrogen-bond donors (Lipinski definition) is 3. The number of allylic oxidation sites excluding steroid dienone is 2. The number of morpholine rings is 1. The van der Waals surface area contributed by atoms with E-state index in [0.717, 1.165) is 5.56 Å². The van der Waals surface area contributed by atoms with Gasteiger partial charge in [-0.25, -0.2) is 14.4 Å². The highest BCUT2D eigenvalue weighted by molar-refractivity contribution is 9.09. The van der Waals surface area contributed by atoms with Gasteiger partial charge in [-0.05, 0) is 24.6 Å². The lowest BCUT2D eigenvalue weighted by Gasteiger charge is -2.34. The quantitative estimate of drug-likeness (QED) is 0.272. The van der Waals surface area contributed by atoms with Crippen LogP contribution in [0.4, 0.5) is 10.1 Å². The number of aliphatic imine (C=N–C) groups is 2. The van der Waals surface area contributed by atoms with Crippen molar-refractivity contribution in [2.45, 2.75) is 24.1 Å². The van der Waals surface area contributed by atoms with Gasteiger partial charge in [-0.2, -0.15) is 0 Å². The van der Waals surface area contributed by atoms with Crippen molar-refractivity contribution >= 4 is 68.7 Å². The Kier molecular flexibility index (Phi) is 8.78. The number of para-hydroxylation sites is 1. The van der Waals surface area contributed by atoms with E-state index in [-0.39, 0.29) is 16.6 Å². The Bertz CT molecular complexity index is 1130. The maximum atomic E-state index is 14.4. The molecule has 4 atom stereocenters. The van der Waals surface area contributed by atoms with Crippen molar-refractivity contribution in [2.75, 3.05) is 31.6 Å². The van der Waals surface area contributed by atoms with Gasteiger partial charge in [0.05, 0.1) is 39.7 Å². The van der Waals surface area contributed by atoms with Gasteiger partial charge in [0, 0.05) is 31.1 Å². The molecule has 0 spiro atoms. The number of carbonyl (C=O) groups is 2. The standard InChI is InChI=1S/C23H24BrCl2FN6O3/c1-12-3-2-4-15(25)19(12)30-22(35)18-13(20(34)16(26)9-14(18)24)10-29-32-23-28-11-17(27)21(31-23)33-5-7-36-8-6-33/h2-4,9-11,14,17-18,21,29H,5-8H2,1H3,(H,30,35)(H,31,32). The summed E-state index contributed by atoms with van der Waals surface area (Å²) in [6.07, 6.45) is 1.89. The third-order valence-corrected chi connectivity index (χ3v) is 7.31. The molecule has 1 aromatic rings. The summed E-state index contributed by atoms with van der Waals surface area (Å²) in [5.74, 6) is -1.75. The third-order valence-electron chi connectivity index (χ3n) is 5.90. The van der Waals surface area contributed by atoms with Gasteiger partial charge >= 0.3 is 0 Å². The van der Waals surface area contributed by atoms with Crippen molar-refractivity contribution < 1.29 is 18.7 Å². The van der Waals surface area contributed by atoms with Gasteiger partial charge in [0.1, 0.15) is 6.17 Å². The first-order chi connectivity index (χ1) is 17.3. The number of aryl methyl sites for hydroxylation is 1. The number of rotatable bonds is 5. The van der Waals surface area contributed by atoms with Crippen LogP contribution >= 0.6 is 39.1 Å². The van der Waals surface area contributed by atoms with E-state index in [1.165, 1.54) is 18.5 Å². The number of amides is 1. The normalized spacial score (nSPS) is 27.9. The molecule has 0 saturated carbocycles. The molecule has 2 heterocycles. The van der Waals surface area contributed by atoms with Crippen LogP contribution in [0.5, 0.6) is 0 Å². The number of benzene rings is 1. The molecule has 2 aliphatic heterocycles. The molecule has 4 unspecified atom stereocenters. The minimum absolute atomic E-state index is 0.0245. The number of carbonyl (C=O) groups excluding carboxylic acids is 2. The van der Waals surface area contributed by atoms with Crippen molar-refractivity contribution in [2.24, 2.45) is 15.9 Å². The maximum absolute atomic E-state index is 14.4. The lowest BCUT2D eigenvalue weighted by molar-refractivity contribution is -0.121. The second-order valence-corrected chi connectivity index (χ2v) is 10.2. The van der Waals surface area contributed by atoms with E-state index in [1.807, 2.05) is 17.9 Å². The van der Waals surface area contributed by atoms with Crippen molar-refractivity contribution in [3.05, 3.63) is 51.7 Å². The Labute approximate surface area is 225 Å². The van der Waals surface area contributed by atoms with Crippen LogP contribution < -0.4 is 16.2 Å². The van der Waals surface area contributed by atoms with Gasteiger partial charge in [0.2, 0.25) is 17.6 Å². The summed E-state index contributed by atoms with van der Waals surface area (Å²) in [5.41, 5.74) is 6.85. The van der Waals surface area contributed by atoms with Crippen LogP contribution in [0.25, 0.3) is 0 Å². The number of guanidine groups is 1. The van der Waals surface area contributed by atoms with E-state index < -0.39 is 34.8 Å². The van der Waals surface area contributed by atoms with E-state index in [2.05, 4.69) is 42.1 Å². The number of halogens is 4. The fraction of sp³-hybridized carbons (Fsp3) is 0.391. The highest BCUT2D eigenvalue weighted by atomic mass is 79.9. The Morgan fingerprint density at radius 1 is 1.31 bits per heavy atom. The van der Waals surface area contributed by atoms with E-state index in [1.54, 1.807) is 12.1 Å². The molecule has 1 aromatic carbocycles. The molecule has 0 aromatic heterocycles. The predicted molar refractivity (Wildman–Crippen MR) is 141 cm³/mol. The summed E-state index contributed by atoms with van der Waals surface area (Å²) in [6, 6.07) is 5.26. The van der Waals surface area contributed by atoms with Crippen LogP contribution in [-0.2, 0) is 14.3 Å². The average Bonchev–Trinajstić information content (AvgIpc) is 2.86. The number of nitrogens with zero attached hydrogens (tertiary/aromatic N) is 3. The third kappa shape index (κ3) is 5.97. The summed E-state index contributed by atoms with van der Waals surface area (Å²) in [7, 11) is 0. The van der Waals surface area contributed by atoms with E-state index >= 15 is 0 Å². The Morgan fingerprint density at radius 2 is 2.06 bits per heavy atom. The lowest BCUT2D eigenvalue weighted by Crippen LogP contribution is -2.50. The molecule has 3 N–H and O–H groups in total. The van der Waals surface area contributed by atoms with Crippen LogP contribution in [0.3, 0.4) is 0 Å². The summed E-state index contributed by atoms with van der Waals surface area (Å²) >= 11 is 15.8. The molecule has 192 valence electrons. The number of ketones is 1. The molecule has 4 rings (SSSR count). The van der Waals surface area contributed by atoms with Crippen molar-refractivity contribution in [1.29, 1.82) is 0 Å². The minimum atomic E-state index is -1.36. The molecule has 9 nitrogen and oxygen atoms in total. The summed E-state index contributed by atoms with van der Waals surface area (Å²) < 4.78 is 19.7. The molecule has 13 heteroatoms. The molecule has 1 fully saturated rings. The first kappa shape index (κ1) is 26.7. The Morgan fingerprint density at radius 3 is 2.78 bits per heavy atom.